The predicted octanol–water partition coefficient (Wildman–Crippen LogP) is 2.77. The van der Waals surface area contributed by atoms with E-state index in [1.165, 1.54) is 18.2 Å². The van der Waals surface area contributed by atoms with Gasteiger partial charge in [-0.15, -0.1) is 0 Å². The molecule has 2 aromatic rings. The standard InChI is InChI=1S/C31H26O11/c1-12-7-15-22(16(32)8-12)27(37)24-25(35)14-5-6-30(24,28(15)38)10-13-9-18-23(26(36)21(13)14)17(33)11-31(42-18,29(39)40-2)19-3-4-20(34)41-19/h5-9,14,19,28,32,36-38H,3-4,10-11H2,1-2H3. The first kappa shape index (κ1) is 26.3. The Morgan fingerprint density at radius 2 is 1.83 bits per heavy atom. The van der Waals surface area contributed by atoms with Crippen molar-refractivity contribution < 1.29 is 53.8 Å². The second-order valence-electron chi connectivity index (χ2n) is 11.6. The number of ether oxygens (including phenoxy) is 3. The Bertz CT molecular complexity index is 1730. The number of aliphatic hydroxyl groups is 2. The molecule has 0 radical (unpaired) electrons. The molecule has 216 valence electrons. The van der Waals surface area contributed by atoms with Crippen LogP contribution in [0.1, 0.15) is 69.5 Å². The number of Topliss-reactive ketones (excluding diaryl/α,β-unsaturated/α-hetero) is 2. The third-order valence-electron chi connectivity index (χ3n) is 9.24. The number of phenolic OH excluding ortho intramolecular Hbond substituents is 2. The Kier molecular flexibility index (Phi) is 5.28. The van der Waals surface area contributed by atoms with E-state index in [0.717, 1.165) is 7.11 Å². The largest absolute Gasteiger partial charge is 0.507 e. The van der Waals surface area contributed by atoms with Crippen LogP contribution in [0.25, 0.3) is 5.76 Å². The molecule has 2 aliphatic heterocycles. The summed E-state index contributed by atoms with van der Waals surface area (Å²) < 4.78 is 16.5. The number of cyclic esters (lactones) is 1. The molecule has 42 heavy (non-hydrogen) atoms. The number of ketones is 2. The number of hydrogen-bond donors (Lipinski definition) is 4. The maximum atomic E-state index is 14.0. The molecule has 11 nitrogen and oxygen atoms in total. The van der Waals surface area contributed by atoms with Crippen LogP contribution in [0.15, 0.2) is 35.9 Å². The summed E-state index contributed by atoms with van der Waals surface area (Å²) in [4.78, 5) is 52.6. The summed E-state index contributed by atoms with van der Waals surface area (Å²) in [6, 6.07) is 4.49. The average Bonchev–Trinajstić information content (AvgIpc) is 3.26. The highest BCUT2D eigenvalue weighted by Gasteiger charge is 2.60. The number of rotatable bonds is 2. The number of carbonyl (C=O) groups is 4. The van der Waals surface area contributed by atoms with Gasteiger partial charge in [0.05, 0.1) is 42.1 Å². The average molecular weight is 575 g/mol. The van der Waals surface area contributed by atoms with Crippen LogP contribution < -0.4 is 4.74 Å². The van der Waals surface area contributed by atoms with Gasteiger partial charge in [0, 0.05) is 12.0 Å². The predicted molar refractivity (Wildman–Crippen MR) is 142 cm³/mol. The van der Waals surface area contributed by atoms with Crippen molar-refractivity contribution in [2.75, 3.05) is 7.11 Å². The van der Waals surface area contributed by atoms with Crippen LogP contribution in [0.5, 0.6) is 17.2 Å². The smallest absolute Gasteiger partial charge is 0.354 e. The van der Waals surface area contributed by atoms with Crippen LogP contribution in [0.4, 0.5) is 0 Å². The Morgan fingerprint density at radius 1 is 1.07 bits per heavy atom. The number of aliphatic hydroxyl groups excluding tert-OH is 2. The Balaban J connectivity index is 1.43. The topological polar surface area (TPSA) is 177 Å². The van der Waals surface area contributed by atoms with Crippen LogP contribution in [-0.4, -0.2) is 62.7 Å². The molecule has 5 atom stereocenters. The molecule has 4 N–H and O–H groups in total. The van der Waals surface area contributed by atoms with Crippen LogP contribution in [-0.2, 0) is 30.3 Å². The van der Waals surface area contributed by atoms with Gasteiger partial charge in [-0.3, -0.25) is 14.4 Å². The maximum absolute atomic E-state index is 14.0. The van der Waals surface area contributed by atoms with E-state index in [-0.39, 0.29) is 58.6 Å². The Labute approximate surface area is 238 Å². The summed E-state index contributed by atoms with van der Waals surface area (Å²) >= 11 is 0. The number of phenols is 2. The monoisotopic (exact) mass is 574 g/mol. The van der Waals surface area contributed by atoms with Crippen LogP contribution in [0.3, 0.4) is 0 Å². The van der Waals surface area contributed by atoms with Gasteiger partial charge in [-0.1, -0.05) is 18.2 Å². The number of carbonyl (C=O) groups excluding carboxylic acids is 4. The van der Waals surface area contributed by atoms with Gasteiger partial charge in [0.1, 0.15) is 28.6 Å². The molecule has 2 aromatic carbocycles. The number of aromatic hydroxyl groups is 2. The third-order valence-corrected chi connectivity index (χ3v) is 9.24. The zero-order valence-corrected chi connectivity index (χ0v) is 22.6. The highest BCUT2D eigenvalue weighted by molar-refractivity contribution is 6.13. The fourth-order valence-corrected chi connectivity index (χ4v) is 7.41. The molecule has 8 rings (SSSR count). The molecule has 1 spiro atoms. The van der Waals surface area contributed by atoms with Crippen molar-refractivity contribution in [2.24, 2.45) is 5.41 Å². The minimum Gasteiger partial charge on any atom is -0.507 e. The minimum atomic E-state index is -1.98. The van der Waals surface area contributed by atoms with E-state index in [9.17, 15) is 39.6 Å². The lowest BCUT2D eigenvalue weighted by Gasteiger charge is -2.43. The van der Waals surface area contributed by atoms with Crippen molar-refractivity contribution in [3.63, 3.8) is 0 Å². The van der Waals surface area contributed by atoms with E-state index in [4.69, 9.17) is 14.2 Å². The maximum Gasteiger partial charge on any atom is 0.354 e. The molecule has 0 aromatic heterocycles. The van der Waals surface area contributed by atoms with Crippen molar-refractivity contribution in [1.29, 1.82) is 0 Å². The van der Waals surface area contributed by atoms with Crippen molar-refractivity contribution in [2.45, 2.75) is 56.3 Å². The number of aryl methyl sites for hydroxylation is 1. The number of fused-ring (bicyclic) bond motifs is 2. The van der Waals surface area contributed by atoms with Crippen LogP contribution >= 0.6 is 0 Å². The summed E-state index contributed by atoms with van der Waals surface area (Å²) in [5.74, 6) is -5.29. The summed E-state index contributed by atoms with van der Waals surface area (Å²) in [6.45, 7) is 1.72. The molecule has 0 saturated carbocycles. The first-order chi connectivity index (χ1) is 19.9. The molecule has 5 unspecified atom stereocenters. The number of methoxy groups -OCH3 is 1. The molecule has 6 aliphatic rings. The van der Waals surface area contributed by atoms with Crippen molar-refractivity contribution >= 4 is 29.3 Å². The summed E-state index contributed by atoms with van der Waals surface area (Å²) in [6.07, 6.45) is 0.139. The first-order valence-corrected chi connectivity index (χ1v) is 13.5. The minimum absolute atomic E-state index is 0.0221. The van der Waals surface area contributed by atoms with Gasteiger partial charge >= 0.3 is 11.9 Å². The quantitative estimate of drug-likeness (QED) is 0.306. The Morgan fingerprint density at radius 3 is 2.52 bits per heavy atom. The lowest BCUT2D eigenvalue weighted by atomic mass is 9.61. The highest BCUT2D eigenvalue weighted by Crippen LogP contribution is 2.61. The zero-order valence-electron chi connectivity index (χ0n) is 22.6. The fourth-order valence-electron chi connectivity index (χ4n) is 7.41. The molecular formula is C31H26O11. The second kappa shape index (κ2) is 8.45. The lowest BCUT2D eigenvalue weighted by Crippen LogP contribution is -2.58. The van der Waals surface area contributed by atoms with Gasteiger partial charge in [-0.2, -0.15) is 0 Å². The number of esters is 2. The number of benzene rings is 2. The van der Waals surface area contributed by atoms with Crippen molar-refractivity contribution in [3.05, 3.63) is 69.3 Å². The van der Waals surface area contributed by atoms with E-state index in [1.807, 2.05) is 0 Å². The molecule has 11 heteroatoms. The summed E-state index contributed by atoms with van der Waals surface area (Å²) in [5, 5.41) is 45.3. The molecule has 0 amide bonds. The molecular weight excluding hydrogens is 548 g/mol. The first-order valence-electron chi connectivity index (χ1n) is 13.5. The second-order valence-corrected chi connectivity index (χ2v) is 11.6. The van der Waals surface area contributed by atoms with E-state index in [1.54, 1.807) is 19.1 Å². The number of hydrogen-bond acceptors (Lipinski definition) is 11. The van der Waals surface area contributed by atoms with Gasteiger partial charge < -0.3 is 34.6 Å². The normalized spacial score (nSPS) is 30.5. The molecule has 1 saturated heterocycles. The van der Waals surface area contributed by atoms with Crippen LogP contribution in [0, 0.1) is 12.3 Å². The van der Waals surface area contributed by atoms with Gasteiger partial charge in [-0.25, -0.2) is 4.79 Å². The molecule has 1 fully saturated rings. The molecule has 2 bridgehead atoms. The van der Waals surface area contributed by atoms with Crippen LogP contribution in [0.2, 0.25) is 0 Å². The van der Waals surface area contributed by atoms with E-state index < -0.39 is 70.6 Å². The van der Waals surface area contributed by atoms with Crippen molar-refractivity contribution in [3.8, 4) is 17.2 Å². The Hall–Kier alpha value is -4.64. The van der Waals surface area contributed by atoms with E-state index >= 15 is 0 Å². The third kappa shape index (κ3) is 3.14. The summed E-state index contributed by atoms with van der Waals surface area (Å²) in [7, 11) is 1.12. The van der Waals surface area contributed by atoms with Gasteiger partial charge in [0.2, 0.25) is 5.60 Å². The van der Waals surface area contributed by atoms with E-state index in [2.05, 4.69) is 0 Å². The number of allylic oxidation sites excluding steroid dienone is 1. The van der Waals surface area contributed by atoms with Gasteiger partial charge in [0.15, 0.2) is 17.7 Å². The van der Waals surface area contributed by atoms with E-state index in [0.29, 0.717) is 11.1 Å². The zero-order chi connectivity index (χ0) is 29.9. The SMILES string of the molecule is COC(=O)C1(C2CCC(=O)O2)CC(=O)c2c(cc3c(c2O)C2C=CC4(C3)C(=C(O)c3c(O)cc(C)cc3C4O)C2=O)O1. The highest BCUT2D eigenvalue weighted by atomic mass is 16.6. The summed E-state index contributed by atoms with van der Waals surface area (Å²) in [5.41, 5.74) is -2.53. The fraction of sp³-hybridized carbons (Fsp3) is 0.355. The molecule has 4 aliphatic carbocycles. The lowest BCUT2D eigenvalue weighted by molar-refractivity contribution is -0.175. The van der Waals surface area contributed by atoms with Gasteiger partial charge in [-0.05, 0) is 48.6 Å². The van der Waals surface area contributed by atoms with Gasteiger partial charge in [0.25, 0.3) is 0 Å². The van der Waals surface area contributed by atoms with Crippen molar-refractivity contribution in [1.82, 2.24) is 0 Å². The molecule has 2 heterocycles.